The zero-order valence-electron chi connectivity index (χ0n) is 10.5. The number of amides is 1. The lowest BCUT2D eigenvalue weighted by Gasteiger charge is -2.40. The number of fused-ring (bicyclic) bond motifs is 1. The predicted octanol–water partition coefficient (Wildman–Crippen LogP) is 1.78. The fourth-order valence-electron chi connectivity index (χ4n) is 3.11. The molecule has 1 heterocycles. The van der Waals surface area contributed by atoms with Crippen LogP contribution >= 0.6 is 0 Å². The van der Waals surface area contributed by atoms with E-state index in [0.717, 1.165) is 18.9 Å². The summed E-state index contributed by atoms with van der Waals surface area (Å²) in [4.78, 5) is 13.9. The van der Waals surface area contributed by atoms with E-state index in [9.17, 15) is 4.79 Å². The molecule has 0 spiro atoms. The van der Waals surface area contributed by atoms with Gasteiger partial charge >= 0.3 is 0 Å². The van der Waals surface area contributed by atoms with Crippen molar-refractivity contribution in [2.24, 2.45) is 5.92 Å². The summed E-state index contributed by atoms with van der Waals surface area (Å²) in [6.07, 6.45) is 7.62. The molecule has 1 aliphatic carbocycles. The Labute approximate surface area is 98.6 Å². The Morgan fingerprint density at radius 3 is 2.75 bits per heavy atom. The molecule has 16 heavy (non-hydrogen) atoms. The van der Waals surface area contributed by atoms with Gasteiger partial charge in [-0.25, -0.2) is 0 Å². The Morgan fingerprint density at radius 1 is 1.25 bits per heavy atom. The van der Waals surface area contributed by atoms with Gasteiger partial charge in [-0.2, -0.15) is 0 Å². The number of nitrogens with zero attached hydrogens (tertiary/aromatic N) is 1. The van der Waals surface area contributed by atoms with E-state index in [1.54, 1.807) is 0 Å². The van der Waals surface area contributed by atoms with E-state index in [1.807, 2.05) is 18.9 Å². The van der Waals surface area contributed by atoms with Crippen LogP contribution in [0.5, 0.6) is 0 Å². The van der Waals surface area contributed by atoms with Crippen LogP contribution in [0.2, 0.25) is 0 Å². The first-order valence-corrected chi connectivity index (χ1v) is 6.73. The Bertz CT molecular complexity index is 254. The van der Waals surface area contributed by atoms with Gasteiger partial charge in [-0.15, -0.1) is 0 Å². The van der Waals surface area contributed by atoms with E-state index in [0.29, 0.717) is 6.04 Å². The quantitative estimate of drug-likeness (QED) is 0.775. The molecule has 1 saturated heterocycles. The van der Waals surface area contributed by atoms with Crippen molar-refractivity contribution in [3.8, 4) is 0 Å². The Balaban J connectivity index is 1.92. The van der Waals surface area contributed by atoms with E-state index in [2.05, 4.69) is 5.32 Å². The van der Waals surface area contributed by atoms with Gasteiger partial charge in [-0.1, -0.05) is 12.8 Å². The number of hydrogen-bond acceptors (Lipinski definition) is 2. The van der Waals surface area contributed by atoms with Crippen LogP contribution in [-0.2, 0) is 4.79 Å². The van der Waals surface area contributed by atoms with Crippen molar-refractivity contribution < 1.29 is 4.79 Å². The molecule has 3 heteroatoms. The standard InChI is InChI=1S/C13H24N2O/c1-3-15(2)13(16)12-9-8-10-6-4-5-7-11(10)14-12/h10-12,14H,3-9H2,1-2H3. The minimum absolute atomic E-state index is 0.0873. The molecule has 1 N–H and O–H groups in total. The molecule has 0 radical (unpaired) electrons. The van der Waals surface area contributed by atoms with Crippen LogP contribution in [0.1, 0.15) is 45.4 Å². The van der Waals surface area contributed by atoms with Gasteiger partial charge in [0.05, 0.1) is 6.04 Å². The van der Waals surface area contributed by atoms with Crippen molar-refractivity contribution in [1.82, 2.24) is 10.2 Å². The number of carbonyl (C=O) groups excluding carboxylic acids is 1. The van der Waals surface area contributed by atoms with E-state index < -0.39 is 0 Å². The van der Waals surface area contributed by atoms with Crippen LogP contribution in [0.3, 0.4) is 0 Å². The van der Waals surface area contributed by atoms with E-state index in [1.165, 1.54) is 32.1 Å². The van der Waals surface area contributed by atoms with Gasteiger partial charge in [0.2, 0.25) is 5.91 Å². The highest BCUT2D eigenvalue weighted by Crippen LogP contribution is 2.32. The van der Waals surface area contributed by atoms with Crippen LogP contribution in [0.15, 0.2) is 0 Å². The molecule has 0 aromatic rings. The second-order valence-electron chi connectivity index (χ2n) is 5.30. The van der Waals surface area contributed by atoms with Gasteiger partial charge in [0, 0.05) is 19.6 Å². The molecule has 92 valence electrons. The van der Waals surface area contributed by atoms with Crippen LogP contribution in [0.4, 0.5) is 0 Å². The topological polar surface area (TPSA) is 32.3 Å². The van der Waals surface area contributed by atoms with Crippen molar-refractivity contribution in [1.29, 1.82) is 0 Å². The van der Waals surface area contributed by atoms with Crippen LogP contribution in [0.25, 0.3) is 0 Å². The van der Waals surface area contributed by atoms with Gasteiger partial charge in [-0.3, -0.25) is 4.79 Å². The van der Waals surface area contributed by atoms with Gasteiger partial charge < -0.3 is 10.2 Å². The average Bonchev–Trinajstić information content (AvgIpc) is 2.36. The van der Waals surface area contributed by atoms with Gasteiger partial charge in [0.1, 0.15) is 0 Å². The van der Waals surface area contributed by atoms with Gasteiger partial charge in [0.15, 0.2) is 0 Å². The lowest BCUT2D eigenvalue weighted by molar-refractivity contribution is -0.133. The van der Waals surface area contributed by atoms with E-state index in [-0.39, 0.29) is 11.9 Å². The second kappa shape index (κ2) is 5.17. The minimum atomic E-state index is 0.0873. The summed E-state index contributed by atoms with van der Waals surface area (Å²) in [5, 5.41) is 3.58. The van der Waals surface area contributed by atoms with Crippen molar-refractivity contribution >= 4 is 5.91 Å². The molecule has 0 aromatic carbocycles. The molecule has 1 aliphatic heterocycles. The number of piperidine rings is 1. The van der Waals surface area contributed by atoms with Crippen molar-refractivity contribution in [3.63, 3.8) is 0 Å². The zero-order valence-corrected chi connectivity index (χ0v) is 10.5. The number of nitrogens with one attached hydrogen (secondary N) is 1. The molecule has 1 amide bonds. The highest BCUT2D eigenvalue weighted by molar-refractivity contribution is 5.81. The number of likely N-dealkylation sites (N-methyl/N-ethyl adjacent to an activating group) is 1. The summed E-state index contributed by atoms with van der Waals surface area (Å²) in [7, 11) is 1.90. The Hall–Kier alpha value is -0.570. The Kier molecular flexibility index (Phi) is 3.85. The average molecular weight is 224 g/mol. The third kappa shape index (κ3) is 2.40. The maximum absolute atomic E-state index is 12.1. The van der Waals surface area contributed by atoms with Gasteiger partial charge in [-0.05, 0) is 38.5 Å². The first kappa shape index (κ1) is 11.9. The van der Waals surface area contributed by atoms with E-state index in [4.69, 9.17) is 0 Å². The van der Waals surface area contributed by atoms with Gasteiger partial charge in [0.25, 0.3) is 0 Å². The summed E-state index contributed by atoms with van der Waals surface area (Å²) in [5.41, 5.74) is 0. The number of rotatable bonds is 2. The first-order chi connectivity index (χ1) is 7.72. The fourth-order valence-corrected chi connectivity index (χ4v) is 3.11. The summed E-state index contributed by atoms with van der Waals surface area (Å²) < 4.78 is 0. The molecule has 0 aromatic heterocycles. The lowest BCUT2D eigenvalue weighted by atomic mass is 9.77. The van der Waals surface area contributed by atoms with Crippen LogP contribution in [0, 0.1) is 5.92 Å². The number of carbonyl (C=O) groups is 1. The molecule has 3 unspecified atom stereocenters. The first-order valence-electron chi connectivity index (χ1n) is 6.73. The zero-order chi connectivity index (χ0) is 11.5. The highest BCUT2D eigenvalue weighted by Gasteiger charge is 2.34. The molecular formula is C13H24N2O. The summed E-state index contributed by atoms with van der Waals surface area (Å²) in [5.74, 6) is 1.12. The van der Waals surface area contributed by atoms with E-state index >= 15 is 0 Å². The monoisotopic (exact) mass is 224 g/mol. The molecule has 0 bridgehead atoms. The molecule has 3 nitrogen and oxygen atoms in total. The van der Waals surface area contributed by atoms with Crippen LogP contribution < -0.4 is 5.32 Å². The maximum Gasteiger partial charge on any atom is 0.239 e. The summed E-state index contributed by atoms with van der Waals surface area (Å²) in [6.45, 7) is 2.84. The Morgan fingerprint density at radius 2 is 2.00 bits per heavy atom. The predicted molar refractivity (Wildman–Crippen MR) is 65.2 cm³/mol. The van der Waals surface area contributed by atoms with Crippen molar-refractivity contribution in [2.45, 2.75) is 57.5 Å². The largest absolute Gasteiger partial charge is 0.345 e. The summed E-state index contributed by atoms with van der Waals surface area (Å²) in [6, 6.07) is 0.700. The number of hydrogen-bond donors (Lipinski definition) is 1. The lowest BCUT2D eigenvalue weighted by Crippen LogP contribution is -2.55. The SMILES string of the molecule is CCN(C)C(=O)C1CCC2CCCCC2N1. The third-order valence-electron chi connectivity index (χ3n) is 4.30. The second-order valence-corrected chi connectivity index (χ2v) is 5.30. The highest BCUT2D eigenvalue weighted by atomic mass is 16.2. The molecular weight excluding hydrogens is 200 g/mol. The summed E-state index contributed by atoms with van der Waals surface area (Å²) >= 11 is 0. The molecule has 1 saturated carbocycles. The van der Waals surface area contributed by atoms with Crippen molar-refractivity contribution in [2.75, 3.05) is 13.6 Å². The van der Waals surface area contributed by atoms with Crippen LogP contribution in [-0.4, -0.2) is 36.5 Å². The van der Waals surface area contributed by atoms with Crippen molar-refractivity contribution in [3.05, 3.63) is 0 Å². The normalized spacial score (nSPS) is 34.2. The molecule has 2 fully saturated rings. The third-order valence-corrected chi connectivity index (χ3v) is 4.30. The molecule has 2 aliphatic rings. The fraction of sp³-hybridized carbons (Fsp3) is 0.923. The smallest absolute Gasteiger partial charge is 0.239 e. The molecule has 3 atom stereocenters. The minimum Gasteiger partial charge on any atom is -0.345 e. The molecule has 2 rings (SSSR count). The maximum atomic E-state index is 12.1.